The Kier molecular flexibility index (Phi) is 6.04. The number of aliphatic carboxylic acids is 1. The highest BCUT2D eigenvalue weighted by Gasteiger charge is 2.20. The van der Waals surface area contributed by atoms with Crippen molar-refractivity contribution in [3.05, 3.63) is 32.3 Å². The van der Waals surface area contributed by atoms with Crippen LogP contribution < -0.4 is 5.32 Å². The largest absolute Gasteiger partial charge is 0.481 e. The third kappa shape index (κ3) is 4.25. The first-order valence-electron chi connectivity index (χ1n) is 5.96. The van der Waals surface area contributed by atoms with Crippen LogP contribution in [0.2, 0.25) is 10.0 Å². The summed E-state index contributed by atoms with van der Waals surface area (Å²) in [5.74, 6) is -1.56. The molecule has 6 nitrogen and oxygen atoms in total. The van der Waals surface area contributed by atoms with E-state index >= 15 is 0 Å². The molecule has 0 spiro atoms. The summed E-state index contributed by atoms with van der Waals surface area (Å²) in [6.07, 6.45) is 1.19. The molecule has 0 radical (unpaired) electrons. The third-order valence-electron chi connectivity index (χ3n) is 2.76. The Bertz CT molecular complexity index is 522. The van der Waals surface area contributed by atoms with E-state index in [1.54, 1.807) is 0 Å². The SMILES string of the molecule is CCCC(CNc1cc(Cl)c(Cl)cc1[N+](=O)[O-])C(=O)O. The number of hydrogen-bond acceptors (Lipinski definition) is 4. The zero-order valence-electron chi connectivity index (χ0n) is 10.7. The molecule has 8 heteroatoms. The molecule has 0 aliphatic rings. The van der Waals surface area contributed by atoms with Gasteiger partial charge in [0, 0.05) is 12.6 Å². The zero-order chi connectivity index (χ0) is 15.3. The number of nitrogens with one attached hydrogen (secondary N) is 1. The quantitative estimate of drug-likeness (QED) is 0.588. The third-order valence-corrected chi connectivity index (χ3v) is 3.48. The summed E-state index contributed by atoms with van der Waals surface area (Å²) in [7, 11) is 0. The molecule has 2 N–H and O–H groups in total. The highest BCUT2D eigenvalue weighted by molar-refractivity contribution is 6.42. The number of nitro benzene ring substituents is 1. The minimum Gasteiger partial charge on any atom is -0.481 e. The van der Waals surface area contributed by atoms with Crippen LogP contribution in [-0.4, -0.2) is 22.5 Å². The topological polar surface area (TPSA) is 92.5 Å². The first-order valence-corrected chi connectivity index (χ1v) is 6.72. The molecule has 0 aliphatic heterocycles. The van der Waals surface area contributed by atoms with E-state index in [-0.39, 0.29) is 28.0 Å². The van der Waals surface area contributed by atoms with Crippen molar-refractivity contribution >= 4 is 40.5 Å². The molecule has 0 saturated carbocycles. The van der Waals surface area contributed by atoms with E-state index in [0.29, 0.717) is 12.8 Å². The molecule has 1 unspecified atom stereocenters. The van der Waals surface area contributed by atoms with E-state index in [1.165, 1.54) is 6.07 Å². The summed E-state index contributed by atoms with van der Waals surface area (Å²) in [5, 5.41) is 23.0. The Balaban J connectivity index is 2.93. The highest BCUT2D eigenvalue weighted by Crippen LogP contribution is 2.34. The van der Waals surface area contributed by atoms with E-state index < -0.39 is 16.8 Å². The number of nitrogens with zero attached hydrogens (tertiary/aromatic N) is 1. The minimum atomic E-state index is -0.943. The predicted octanol–water partition coefficient (Wildman–Crippen LogP) is 3.81. The predicted molar refractivity (Wildman–Crippen MR) is 77.6 cm³/mol. The summed E-state index contributed by atoms with van der Waals surface area (Å²) < 4.78 is 0. The average Bonchev–Trinajstić information content (AvgIpc) is 2.37. The summed E-state index contributed by atoms with van der Waals surface area (Å²) >= 11 is 11.6. The van der Waals surface area contributed by atoms with Crippen LogP contribution in [-0.2, 0) is 4.79 Å². The molecule has 0 amide bonds. The number of carboxylic acids is 1. The summed E-state index contributed by atoms with van der Waals surface area (Å²) in [4.78, 5) is 21.4. The second kappa shape index (κ2) is 7.31. The lowest BCUT2D eigenvalue weighted by atomic mass is 10.0. The average molecular weight is 321 g/mol. The summed E-state index contributed by atoms with van der Waals surface area (Å²) in [6, 6.07) is 2.47. The molecular weight excluding hydrogens is 307 g/mol. The number of carboxylic acid groups (broad SMARTS) is 1. The van der Waals surface area contributed by atoms with E-state index in [2.05, 4.69) is 5.32 Å². The number of anilines is 1. The van der Waals surface area contributed by atoms with Crippen LogP contribution >= 0.6 is 23.2 Å². The lowest BCUT2D eigenvalue weighted by Crippen LogP contribution is -2.23. The fourth-order valence-electron chi connectivity index (χ4n) is 1.72. The van der Waals surface area contributed by atoms with E-state index in [9.17, 15) is 14.9 Å². The van der Waals surface area contributed by atoms with Gasteiger partial charge < -0.3 is 10.4 Å². The van der Waals surface area contributed by atoms with Crippen LogP contribution in [0.15, 0.2) is 12.1 Å². The molecule has 1 atom stereocenters. The monoisotopic (exact) mass is 320 g/mol. The summed E-state index contributed by atoms with van der Waals surface area (Å²) in [5.41, 5.74) is -0.0770. The molecule has 0 aliphatic carbocycles. The Morgan fingerprint density at radius 2 is 2.05 bits per heavy atom. The van der Waals surface area contributed by atoms with Gasteiger partial charge in [-0.2, -0.15) is 0 Å². The van der Waals surface area contributed by atoms with Crippen molar-refractivity contribution in [1.82, 2.24) is 0 Å². The Labute approximate surface area is 125 Å². The molecule has 20 heavy (non-hydrogen) atoms. The number of rotatable bonds is 7. The van der Waals surface area contributed by atoms with E-state index in [4.69, 9.17) is 28.3 Å². The highest BCUT2D eigenvalue weighted by atomic mass is 35.5. The standard InChI is InChI=1S/C12H14Cl2N2O4/c1-2-3-7(12(17)18)6-15-10-4-8(13)9(14)5-11(10)16(19)20/h4-5,7,15H,2-3,6H2,1H3,(H,17,18). The van der Waals surface area contributed by atoms with Crippen molar-refractivity contribution in [2.24, 2.45) is 5.92 Å². The van der Waals surface area contributed by atoms with Gasteiger partial charge in [-0.1, -0.05) is 36.5 Å². The molecule has 110 valence electrons. The van der Waals surface area contributed by atoms with Crippen LogP contribution in [0.4, 0.5) is 11.4 Å². The van der Waals surface area contributed by atoms with E-state index in [1.807, 2.05) is 6.92 Å². The van der Waals surface area contributed by atoms with E-state index in [0.717, 1.165) is 6.07 Å². The number of hydrogen-bond donors (Lipinski definition) is 2. The molecule has 0 heterocycles. The number of nitro groups is 1. The van der Waals surface area contributed by atoms with Crippen molar-refractivity contribution in [3.8, 4) is 0 Å². The van der Waals surface area contributed by atoms with Crippen molar-refractivity contribution in [3.63, 3.8) is 0 Å². The fraction of sp³-hybridized carbons (Fsp3) is 0.417. The number of benzene rings is 1. The van der Waals surface area contributed by atoms with Crippen molar-refractivity contribution < 1.29 is 14.8 Å². The Morgan fingerprint density at radius 1 is 1.45 bits per heavy atom. The maximum Gasteiger partial charge on any atom is 0.308 e. The molecule has 0 saturated heterocycles. The lowest BCUT2D eigenvalue weighted by Gasteiger charge is -2.14. The second-order valence-corrected chi connectivity index (χ2v) is 5.06. The smallest absolute Gasteiger partial charge is 0.308 e. The van der Waals surface area contributed by atoms with Gasteiger partial charge in [0.2, 0.25) is 0 Å². The van der Waals surface area contributed by atoms with Gasteiger partial charge >= 0.3 is 5.97 Å². The van der Waals surface area contributed by atoms with Gasteiger partial charge in [-0.05, 0) is 12.5 Å². The first-order chi connectivity index (χ1) is 9.36. The van der Waals surface area contributed by atoms with Gasteiger partial charge in [0.25, 0.3) is 5.69 Å². The van der Waals surface area contributed by atoms with Crippen LogP contribution in [0, 0.1) is 16.0 Å². The maximum absolute atomic E-state index is 11.0. The van der Waals surface area contributed by atoms with Gasteiger partial charge in [0.05, 0.1) is 20.9 Å². The number of carbonyl (C=O) groups is 1. The lowest BCUT2D eigenvalue weighted by molar-refractivity contribution is -0.383. The molecule has 1 aromatic carbocycles. The maximum atomic E-state index is 11.0. The molecule has 0 fully saturated rings. The van der Waals surface area contributed by atoms with Gasteiger partial charge in [0.1, 0.15) is 5.69 Å². The van der Waals surface area contributed by atoms with Gasteiger partial charge in [-0.25, -0.2) is 0 Å². The molecule has 1 rings (SSSR count). The molecule has 0 bridgehead atoms. The Morgan fingerprint density at radius 3 is 2.55 bits per heavy atom. The second-order valence-electron chi connectivity index (χ2n) is 4.25. The van der Waals surface area contributed by atoms with Crippen molar-refractivity contribution in [1.29, 1.82) is 0 Å². The van der Waals surface area contributed by atoms with Crippen molar-refractivity contribution in [2.75, 3.05) is 11.9 Å². The minimum absolute atomic E-state index is 0.0762. The Hall–Kier alpha value is -1.53. The normalized spacial score (nSPS) is 11.9. The van der Waals surface area contributed by atoms with Gasteiger partial charge in [-0.15, -0.1) is 0 Å². The van der Waals surface area contributed by atoms with Crippen molar-refractivity contribution in [2.45, 2.75) is 19.8 Å². The van der Waals surface area contributed by atoms with Crippen LogP contribution in [0.5, 0.6) is 0 Å². The number of halogens is 2. The summed E-state index contributed by atoms with van der Waals surface area (Å²) in [6.45, 7) is 1.96. The zero-order valence-corrected chi connectivity index (χ0v) is 12.2. The van der Waals surface area contributed by atoms with Gasteiger partial charge in [-0.3, -0.25) is 14.9 Å². The van der Waals surface area contributed by atoms with Crippen LogP contribution in [0.3, 0.4) is 0 Å². The molecular formula is C12H14Cl2N2O4. The fourth-order valence-corrected chi connectivity index (χ4v) is 2.05. The molecule has 1 aromatic rings. The van der Waals surface area contributed by atoms with Crippen LogP contribution in [0.1, 0.15) is 19.8 Å². The first kappa shape index (κ1) is 16.5. The van der Waals surface area contributed by atoms with Crippen LogP contribution in [0.25, 0.3) is 0 Å². The molecule has 0 aromatic heterocycles. The van der Waals surface area contributed by atoms with Gasteiger partial charge in [0.15, 0.2) is 0 Å².